The molecule has 0 spiro atoms. The first-order chi connectivity index (χ1) is 14.1. The summed E-state index contributed by atoms with van der Waals surface area (Å²) >= 11 is 0. The van der Waals surface area contributed by atoms with Gasteiger partial charge in [-0.3, -0.25) is 14.2 Å². The molecule has 0 saturated carbocycles. The van der Waals surface area contributed by atoms with Crippen molar-refractivity contribution in [2.24, 2.45) is 0 Å². The molecule has 2 amide bonds. The van der Waals surface area contributed by atoms with Crippen LogP contribution in [-0.4, -0.2) is 39.3 Å². The maximum atomic E-state index is 12.4. The summed E-state index contributed by atoms with van der Waals surface area (Å²) in [6.45, 7) is 2.46. The fourth-order valence-electron chi connectivity index (χ4n) is 4.00. The number of carbonyl (C=O) groups excluding carboxylic acids is 2. The predicted molar refractivity (Wildman–Crippen MR) is 109 cm³/mol. The van der Waals surface area contributed by atoms with Crippen LogP contribution in [-0.2, 0) is 24.3 Å². The maximum absolute atomic E-state index is 12.4. The quantitative estimate of drug-likeness (QED) is 0.752. The molecule has 8 heteroatoms. The second kappa shape index (κ2) is 8.63. The number of nitrogens with one attached hydrogen (secondary N) is 1. The molecule has 1 N–H and O–H groups in total. The first-order valence-electron chi connectivity index (χ1n) is 10.5. The Kier molecular flexibility index (Phi) is 5.78. The standard InChI is InChI=1S/C21H27N5O3/c27-19-7-2-4-13-24(19)17-10-8-16(9-11-17)20(28)22-12-5-15-26-21(29)25-14-3-1-6-18(25)23-26/h8-11H,1-7,12-15H2,(H,22,28). The minimum absolute atomic E-state index is 0.0473. The molecule has 29 heavy (non-hydrogen) atoms. The second-order valence-electron chi connectivity index (χ2n) is 7.69. The normalized spacial score (nSPS) is 16.6. The third-order valence-corrected chi connectivity index (χ3v) is 5.63. The van der Waals surface area contributed by atoms with Crippen LogP contribution < -0.4 is 15.9 Å². The van der Waals surface area contributed by atoms with E-state index in [9.17, 15) is 14.4 Å². The Balaban J connectivity index is 1.27. The van der Waals surface area contributed by atoms with Crippen molar-refractivity contribution in [3.05, 3.63) is 46.1 Å². The zero-order chi connectivity index (χ0) is 20.2. The molecule has 2 aliphatic rings. The summed E-state index contributed by atoms with van der Waals surface area (Å²) < 4.78 is 3.27. The number of nitrogens with zero attached hydrogens (tertiary/aromatic N) is 4. The third kappa shape index (κ3) is 4.26. The number of carbonyl (C=O) groups is 2. The molecule has 0 radical (unpaired) electrons. The van der Waals surface area contributed by atoms with Crippen LogP contribution in [0.15, 0.2) is 29.1 Å². The minimum Gasteiger partial charge on any atom is -0.352 e. The SMILES string of the molecule is O=C(NCCCn1nc2n(c1=O)CCCC2)c1ccc(N2CCCCC2=O)cc1. The van der Waals surface area contributed by atoms with Gasteiger partial charge in [0.15, 0.2) is 0 Å². The zero-order valence-electron chi connectivity index (χ0n) is 16.6. The second-order valence-corrected chi connectivity index (χ2v) is 7.69. The monoisotopic (exact) mass is 397 g/mol. The smallest absolute Gasteiger partial charge is 0.345 e. The van der Waals surface area contributed by atoms with Crippen molar-refractivity contribution in [3.63, 3.8) is 0 Å². The Hall–Kier alpha value is -2.90. The lowest BCUT2D eigenvalue weighted by Crippen LogP contribution is -2.35. The molecule has 0 unspecified atom stereocenters. The molecule has 1 saturated heterocycles. The first-order valence-corrected chi connectivity index (χ1v) is 10.5. The fourth-order valence-corrected chi connectivity index (χ4v) is 4.00. The number of hydrogen-bond acceptors (Lipinski definition) is 4. The molecule has 2 aromatic rings. The third-order valence-electron chi connectivity index (χ3n) is 5.63. The van der Waals surface area contributed by atoms with Crippen LogP contribution in [0.2, 0.25) is 0 Å². The molecule has 3 heterocycles. The van der Waals surface area contributed by atoms with E-state index >= 15 is 0 Å². The number of anilines is 1. The van der Waals surface area contributed by atoms with Crippen molar-refractivity contribution in [2.45, 2.75) is 58.0 Å². The van der Waals surface area contributed by atoms with Crippen molar-refractivity contribution in [2.75, 3.05) is 18.0 Å². The number of hydrogen-bond donors (Lipinski definition) is 1. The molecule has 1 aromatic carbocycles. The van der Waals surface area contributed by atoms with Crippen LogP contribution in [0.1, 0.15) is 54.7 Å². The zero-order valence-corrected chi connectivity index (χ0v) is 16.6. The molecule has 4 rings (SSSR count). The molecule has 0 aliphatic carbocycles. The highest BCUT2D eigenvalue weighted by Gasteiger charge is 2.20. The minimum atomic E-state index is -0.155. The van der Waals surface area contributed by atoms with Gasteiger partial charge < -0.3 is 10.2 Å². The lowest BCUT2D eigenvalue weighted by atomic mass is 10.1. The van der Waals surface area contributed by atoms with Gasteiger partial charge in [-0.05, 0) is 56.4 Å². The lowest BCUT2D eigenvalue weighted by Gasteiger charge is -2.26. The van der Waals surface area contributed by atoms with Gasteiger partial charge in [-0.15, -0.1) is 0 Å². The van der Waals surface area contributed by atoms with Crippen molar-refractivity contribution >= 4 is 17.5 Å². The van der Waals surface area contributed by atoms with Gasteiger partial charge in [0.25, 0.3) is 5.91 Å². The highest BCUT2D eigenvalue weighted by atomic mass is 16.2. The van der Waals surface area contributed by atoms with Crippen LogP contribution in [0.3, 0.4) is 0 Å². The molecule has 0 bridgehead atoms. The van der Waals surface area contributed by atoms with E-state index in [2.05, 4.69) is 10.4 Å². The summed E-state index contributed by atoms with van der Waals surface area (Å²) in [6, 6.07) is 7.15. The van der Waals surface area contributed by atoms with Crippen molar-refractivity contribution < 1.29 is 9.59 Å². The molecule has 154 valence electrons. The van der Waals surface area contributed by atoms with Gasteiger partial charge in [0.1, 0.15) is 5.82 Å². The number of rotatable bonds is 6. The van der Waals surface area contributed by atoms with Gasteiger partial charge in [-0.2, -0.15) is 5.10 Å². The summed E-state index contributed by atoms with van der Waals surface area (Å²) in [7, 11) is 0. The van der Waals surface area contributed by atoms with Crippen LogP contribution in [0, 0.1) is 0 Å². The summed E-state index contributed by atoms with van der Waals surface area (Å²) in [4.78, 5) is 38.4. The van der Waals surface area contributed by atoms with Crippen LogP contribution in [0.25, 0.3) is 0 Å². The highest BCUT2D eigenvalue weighted by molar-refractivity contribution is 5.96. The molecule has 8 nitrogen and oxygen atoms in total. The van der Waals surface area contributed by atoms with Gasteiger partial charge >= 0.3 is 5.69 Å². The van der Waals surface area contributed by atoms with E-state index in [4.69, 9.17) is 0 Å². The summed E-state index contributed by atoms with van der Waals surface area (Å²) in [6.07, 6.45) is 6.16. The van der Waals surface area contributed by atoms with Crippen LogP contribution >= 0.6 is 0 Å². The number of aromatic nitrogens is 3. The van der Waals surface area contributed by atoms with Crippen molar-refractivity contribution in [3.8, 4) is 0 Å². The van der Waals surface area contributed by atoms with Gasteiger partial charge in [-0.1, -0.05) is 0 Å². The number of fused-ring (bicyclic) bond motifs is 1. The average Bonchev–Trinajstić information content (AvgIpc) is 3.07. The van der Waals surface area contributed by atoms with Crippen molar-refractivity contribution in [1.29, 1.82) is 0 Å². The number of aryl methyl sites for hydroxylation is 2. The van der Waals surface area contributed by atoms with E-state index in [1.54, 1.807) is 21.6 Å². The van der Waals surface area contributed by atoms with Gasteiger partial charge in [0, 0.05) is 50.3 Å². The summed E-state index contributed by atoms with van der Waals surface area (Å²) in [5.74, 6) is 0.861. The summed E-state index contributed by atoms with van der Waals surface area (Å²) in [5.41, 5.74) is 1.36. The van der Waals surface area contributed by atoms with E-state index in [1.165, 1.54) is 4.68 Å². The van der Waals surface area contributed by atoms with E-state index < -0.39 is 0 Å². The summed E-state index contributed by atoms with van der Waals surface area (Å²) in [5, 5.41) is 7.30. The largest absolute Gasteiger partial charge is 0.352 e. The molecular weight excluding hydrogens is 370 g/mol. The van der Waals surface area contributed by atoms with E-state index in [-0.39, 0.29) is 17.5 Å². The Morgan fingerprint density at radius 3 is 2.52 bits per heavy atom. The average molecular weight is 397 g/mol. The van der Waals surface area contributed by atoms with Gasteiger partial charge in [-0.25, -0.2) is 9.48 Å². The Bertz CT molecular complexity index is 944. The number of amides is 2. The highest BCUT2D eigenvalue weighted by Crippen LogP contribution is 2.21. The Morgan fingerprint density at radius 2 is 1.76 bits per heavy atom. The molecule has 1 fully saturated rings. The predicted octanol–water partition coefficient (Wildman–Crippen LogP) is 1.72. The maximum Gasteiger partial charge on any atom is 0.345 e. The molecule has 0 atom stereocenters. The van der Waals surface area contributed by atoms with Gasteiger partial charge in [0.05, 0.1) is 0 Å². The van der Waals surface area contributed by atoms with Crippen LogP contribution in [0.5, 0.6) is 0 Å². The van der Waals surface area contributed by atoms with Crippen molar-refractivity contribution in [1.82, 2.24) is 19.7 Å². The Labute approximate surface area is 169 Å². The van der Waals surface area contributed by atoms with E-state index in [0.717, 1.165) is 56.7 Å². The molecule has 1 aromatic heterocycles. The first kappa shape index (κ1) is 19.4. The fraction of sp³-hybridized carbons (Fsp3) is 0.524. The lowest BCUT2D eigenvalue weighted by molar-refractivity contribution is -0.119. The van der Waals surface area contributed by atoms with Gasteiger partial charge in [0.2, 0.25) is 5.91 Å². The number of benzene rings is 1. The molecular formula is C21H27N5O3. The molecule has 2 aliphatic heterocycles. The van der Waals surface area contributed by atoms with E-state index in [1.807, 2.05) is 12.1 Å². The Morgan fingerprint density at radius 1 is 1.00 bits per heavy atom. The van der Waals surface area contributed by atoms with Crippen LogP contribution in [0.4, 0.5) is 5.69 Å². The number of piperidine rings is 1. The van der Waals surface area contributed by atoms with E-state index in [0.29, 0.717) is 31.5 Å². The topological polar surface area (TPSA) is 89.2 Å².